The molecule has 0 fully saturated rings. The number of alkyl halides is 2. The van der Waals surface area contributed by atoms with Crippen LogP contribution in [0.5, 0.6) is 0 Å². The number of carbonyl (C=O) groups excluding carboxylic acids is 1. The maximum Gasteiger partial charge on any atom is 0.379 e. The van der Waals surface area contributed by atoms with Crippen molar-refractivity contribution in [2.75, 3.05) is 6.61 Å². The van der Waals surface area contributed by atoms with Gasteiger partial charge in [-0.25, -0.2) is 4.79 Å². The SMILES string of the molecule is CCOC(=O)C(F)(F)[C@H](N)c1cc(Br)ccc1Br. The minimum atomic E-state index is -3.78. The van der Waals surface area contributed by atoms with E-state index in [1.807, 2.05) is 0 Å². The van der Waals surface area contributed by atoms with E-state index in [2.05, 4.69) is 36.6 Å². The van der Waals surface area contributed by atoms with Crippen molar-refractivity contribution in [2.24, 2.45) is 5.73 Å². The molecule has 0 saturated heterocycles. The third-order valence-electron chi connectivity index (χ3n) is 2.23. The van der Waals surface area contributed by atoms with Crippen LogP contribution in [-0.4, -0.2) is 18.5 Å². The van der Waals surface area contributed by atoms with Gasteiger partial charge in [0.25, 0.3) is 0 Å². The van der Waals surface area contributed by atoms with Gasteiger partial charge in [0, 0.05) is 8.95 Å². The summed E-state index contributed by atoms with van der Waals surface area (Å²) in [6, 6.07) is 2.90. The van der Waals surface area contributed by atoms with Crippen molar-refractivity contribution in [3.8, 4) is 0 Å². The molecule has 0 aromatic heterocycles. The Balaban J connectivity index is 3.08. The van der Waals surface area contributed by atoms with Crippen molar-refractivity contribution in [3.63, 3.8) is 0 Å². The molecule has 0 unspecified atom stereocenters. The van der Waals surface area contributed by atoms with Gasteiger partial charge in [0.1, 0.15) is 6.04 Å². The number of rotatable bonds is 4. The summed E-state index contributed by atoms with van der Waals surface area (Å²) in [5.41, 5.74) is 5.60. The number of hydrogen-bond acceptors (Lipinski definition) is 3. The molecule has 0 aliphatic carbocycles. The Kier molecular flexibility index (Phi) is 5.24. The molecule has 1 aromatic rings. The zero-order chi connectivity index (χ0) is 13.9. The van der Waals surface area contributed by atoms with E-state index in [4.69, 9.17) is 5.73 Å². The highest BCUT2D eigenvalue weighted by Gasteiger charge is 2.48. The van der Waals surface area contributed by atoms with Gasteiger partial charge in [-0.2, -0.15) is 8.78 Å². The molecule has 0 radical (unpaired) electrons. The Bertz CT molecular complexity index is 455. The van der Waals surface area contributed by atoms with Gasteiger partial charge in [-0.05, 0) is 30.7 Å². The topological polar surface area (TPSA) is 52.3 Å². The Morgan fingerprint density at radius 2 is 2.11 bits per heavy atom. The molecule has 0 amide bonds. The van der Waals surface area contributed by atoms with E-state index in [0.29, 0.717) is 8.95 Å². The lowest BCUT2D eigenvalue weighted by molar-refractivity contribution is -0.174. The highest BCUT2D eigenvalue weighted by molar-refractivity contribution is 9.11. The second-order valence-electron chi connectivity index (χ2n) is 3.49. The van der Waals surface area contributed by atoms with Crippen molar-refractivity contribution >= 4 is 37.8 Å². The van der Waals surface area contributed by atoms with Gasteiger partial charge in [-0.15, -0.1) is 0 Å². The van der Waals surface area contributed by atoms with Gasteiger partial charge >= 0.3 is 11.9 Å². The number of hydrogen-bond donors (Lipinski definition) is 1. The summed E-state index contributed by atoms with van der Waals surface area (Å²) in [5.74, 6) is -5.40. The van der Waals surface area contributed by atoms with Crippen LogP contribution in [0.2, 0.25) is 0 Å². The molecule has 0 saturated carbocycles. The minimum absolute atomic E-state index is 0.124. The van der Waals surface area contributed by atoms with E-state index in [-0.39, 0.29) is 12.2 Å². The number of ether oxygens (including phenoxy) is 1. The summed E-state index contributed by atoms with van der Waals surface area (Å²) in [6.07, 6.45) is 0. The zero-order valence-corrected chi connectivity index (χ0v) is 12.6. The molecule has 0 heterocycles. The minimum Gasteiger partial charge on any atom is -0.462 e. The van der Waals surface area contributed by atoms with E-state index in [0.717, 1.165) is 0 Å². The van der Waals surface area contributed by atoms with Crippen LogP contribution >= 0.6 is 31.9 Å². The molecule has 3 nitrogen and oxygen atoms in total. The number of benzene rings is 1. The number of halogens is 4. The molecular weight excluding hydrogens is 376 g/mol. The fourth-order valence-electron chi connectivity index (χ4n) is 1.30. The predicted octanol–water partition coefficient (Wildman–Crippen LogP) is 3.41. The molecule has 1 rings (SSSR count). The van der Waals surface area contributed by atoms with Crippen molar-refractivity contribution < 1.29 is 18.3 Å². The second kappa shape index (κ2) is 6.08. The summed E-state index contributed by atoms with van der Waals surface area (Å²) >= 11 is 6.29. The maximum atomic E-state index is 13.8. The van der Waals surface area contributed by atoms with Gasteiger partial charge in [0.15, 0.2) is 0 Å². The van der Waals surface area contributed by atoms with Crippen molar-refractivity contribution in [2.45, 2.75) is 18.9 Å². The highest BCUT2D eigenvalue weighted by Crippen LogP contribution is 2.35. The van der Waals surface area contributed by atoms with Gasteiger partial charge in [0.2, 0.25) is 0 Å². The Hall–Kier alpha value is -0.530. The van der Waals surface area contributed by atoms with E-state index in [9.17, 15) is 13.6 Å². The normalized spacial score (nSPS) is 13.2. The van der Waals surface area contributed by atoms with Crippen molar-refractivity contribution in [3.05, 3.63) is 32.7 Å². The summed E-state index contributed by atoms with van der Waals surface area (Å²) in [4.78, 5) is 11.2. The third kappa shape index (κ3) is 3.27. The number of carbonyl (C=O) groups is 1. The predicted molar refractivity (Wildman–Crippen MR) is 70.4 cm³/mol. The second-order valence-corrected chi connectivity index (χ2v) is 5.26. The number of esters is 1. The van der Waals surface area contributed by atoms with Crippen molar-refractivity contribution in [1.82, 2.24) is 0 Å². The molecule has 0 bridgehead atoms. The van der Waals surface area contributed by atoms with Crippen LogP contribution in [0.25, 0.3) is 0 Å². The van der Waals surface area contributed by atoms with Gasteiger partial charge in [0.05, 0.1) is 6.61 Å². The van der Waals surface area contributed by atoms with Crippen LogP contribution in [0, 0.1) is 0 Å². The summed E-state index contributed by atoms with van der Waals surface area (Å²) < 4.78 is 32.8. The van der Waals surface area contributed by atoms with Crippen molar-refractivity contribution in [1.29, 1.82) is 0 Å². The van der Waals surface area contributed by atoms with Crippen LogP contribution in [0.1, 0.15) is 18.5 Å². The maximum absolute atomic E-state index is 13.8. The first-order valence-corrected chi connectivity index (χ1v) is 6.64. The molecule has 18 heavy (non-hydrogen) atoms. The van der Waals surface area contributed by atoms with E-state index >= 15 is 0 Å². The molecule has 1 atom stereocenters. The van der Waals surface area contributed by atoms with Crippen LogP contribution in [0.15, 0.2) is 27.1 Å². The molecule has 1 aromatic carbocycles. The quantitative estimate of drug-likeness (QED) is 0.806. The van der Waals surface area contributed by atoms with E-state index in [1.54, 1.807) is 12.1 Å². The first-order chi connectivity index (χ1) is 8.30. The fourth-order valence-corrected chi connectivity index (χ4v) is 2.17. The Labute approximate surface area is 120 Å². The van der Waals surface area contributed by atoms with E-state index < -0.39 is 17.9 Å². The highest BCUT2D eigenvalue weighted by atomic mass is 79.9. The lowest BCUT2D eigenvalue weighted by Crippen LogP contribution is -2.41. The monoisotopic (exact) mass is 385 g/mol. The average Bonchev–Trinajstić information content (AvgIpc) is 2.31. The standard InChI is InChI=1S/C11H11Br2F2NO2/c1-2-18-10(17)11(14,15)9(16)7-5-6(12)3-4-8(7)13/h3-5,9H,2,16H2,1H3/t9-/m1/s1. The van der Waals surface area contributed by atoms with Crippen LogP contribution in [-0.2, 0) is 9.53 Å². The molecule has 0 aliphatic heterocycles. The smallest absolute Gasteiger partial charge is 0.379 e. The fraction of sp³-hybridized carbons (Fsp3) is 0.364. The van der Waals surface area contributed by atoms with Crippen LogP contribution in [0.4, 0.5) is 8.78 Å². The molecule has 7 heteroatoms. The van der Waals surface area contributed by atoms with Gasteiger partial charge < -0.3 is 10.5 Å². The van der Waals surface area contributed by atoms with Crippen LogP contribution < -0.4 is 5.73 Å². The lowest BCUT2D eigenvalue weighted by atomic mass is 10.0. The first kappa shape index (κ1) is 15.5. The Morgan fingerprint density at radius 3 is 2.67 bits per heavy atom. The molecule has 100 valence electrons. The van der Waals surface area contributed by atoms with Crippen LogP contribution in [0.3, 0.4) is 0 Å². The largest absolute Gasteiger partial charge is 0.462 e. The molecular formula is C11H11Br2F2NO2. The molecule has 0 aliphatic rings. The summed E-state index contributed by atoms with van der Waals surface area (Å²) in [5, 5.41) is 0. The van der Waals surface area contributed by atoms with E-state index in [1.165, 1.54) is 13.0 Å². The number of nitrogens with two attached hydrogens (primary N) is 1. The third-order valence-corrected chi connectivity index (χ3v) is 3.45. The zero-order valence-electron chi connectivity index (χ0n) is 9.42. The Morgan fingerprint density at radius 1 is 1.50 bits per heavy atom. The van der Waals surface area contributed by atoms with Gasteiger partial charge in [-0.1, -0.05) is 31.9 Å². The lowest BCUT2D eigenvalue weighted by Gasteiger charge is -2.22. The summed E-state index contributed by atoms with van der Waals surface area (Å²) in [6.45, 7) is 1.33. The average molecular weight is 387 g/mol. The molecule has 2 N–H and O–H groups in total. The summed E-state index contributed by atoms with van der Waals surface area (Å²) in [7, 11) is 0. The van der Waals surface area contributed by atoms with Gasteiger partial charge in [-0.3, -0.25) is 0 Å². The first-order valence-electron chi connectivity index (χ1n) is 5.06. The molecule has 0 spiro atoms.